The average Bonchev–Trinajstić information content (AvgIpc) is 2.72. The van der Waals surface area contributed by atoms with E-state index in [4.69, 9.17) is 4.74 Å². The predicted octanol–water partition coefficient (Wildman–Crippen LogP) is 6.93. The highest BCUT2D eigenvalue weighted by atomic mass is 16.5. The molecule has 0 N–H and O–H groups in total. The molecule has 0 bridgehead atoms. The van der Waals surface area contributed by atoms with Crippen LogP contribution in [0.15, 0.2) is 12.1 Å². The second-order valence-electron chi connectivity index (χ2n) is 8.32. The van der Waals surface area contributed by atoms with Gasteiger partial charge in [0.15, 0.2) is 0 Å². The molecule has 0 atom stereocenters. The van der Waals surface area contributed by atoms with Gasteiger partial charge >= 0.3 is 0 Å². The van der Waals surface area contributed by atoms with Crippen LogP contribution in [0, 0.1) is 34.5 Å². The number of aryl methyl sites for hydroxylation is 1. The summed E-state index contributed by atoms with van der Waals surface area (Å²) in [6.07, 6.45) is 14.6. The van der Waals surface area contributed by atoms with Crippen LogP contribution in [0.5, 0.6) is 5.75 Å². The molecule has 1 aliphatic rings. The molecule has 1 aromatic rings. The standard InChI is InChI=1S/C25H36N2O/c1-3-5-6-10-22-15-16-25(24(19-27)23(22)18-26)28-17-7-9-21-13-11-20(8-4-2)12-14-21/h15-16,20-21H,3-14,17H2,1-2H3. The van der Waals surface area contributed by atoms with Crippen LogP contribution in [0.3, 0.4) is 0 Å². The summed E-state index contributed by atoms with van der Waals surface area (Å²) in [6.45, 7) is 5.08. The van der Waals surface area contributed by atoms with Gasteiger partial charge in [-0.1, -0.05) is 71.3 Å². The van der Waals surface area contributed by atoms with E-state index in [-0.39, 0.29) is 0 Å². The third-order valence-corrected chi connectivity index (χ3v) is 6.20. The number of nitriles is 2. The quantitative estimate of drug-likeness (QED) is 0.391. The Morgan fingerprint density at radius 1 is 0.857 bits per heavy atom. The van der Waals surface area contributed by atoms with Crippen LogP contribution in [0.25, 0.3) is 0 Å². The van der Waals surface area contributed by atoms with Gasteiger partial charge in [0.1, 0.15) is 23.5 Å². The number of ether oxygens (including phenoxy) is 1. The van der Waals surface area contributed by atoms with Gasteiger partial charge in [0.25, 0.3) is 0 Å². The summed E-state index contributed by atoms with van der Waals surface area (Å²) >= 11 is 0. The molecule has 0 amide bonds. The van der Waals surface area contributed by atoms with Crippen molar-refractivity contribution in [1.82, 2.24) is 0 Å². The molecule has 2 rings (SSSR count). The van der Waals surface area contributed by atoms with Crippen LogP contribution in [-0.4, -0.2) is 6.61 Å². The molecular formula is C25H36N2O. The summed E-state index contributed by atoms with van der Waals surface area (Å²) in [5, 5.41) is 19.1. The SMILES string of the molecule is CCCCCc1ccc(OCCCC2CCC(CCC)CC2)c(C#N)c1C#N. The zero-order valence-corrected chi connectivity index (χ0v) is 17.8. The van der Waals surface area contributed by atoms with E-state index in [2.05, 4.69) is 26.0 Å². The number of hydrogen-bond acceptors (Lipinski definition) is 3. The van der Waals surface area contributed by atoms with Crippen molar-refractivity contribution < 1.29 is 4.74 Å². The minimum atomic E-state index is 0.413. The van der Waals surface area contributed by atoms with Gasteiger partial charge in [-0.15, -0.1) is 0 Å². The van der Waals surface area contributed by atoms with E-state index < -0.39 is 0 Å². The smallest absolute Gasteiger partial charge is 0.138 e. The molecule has 0 heterocycles. The second kappa shape index (κ2) is 12.5. The second-order valence-corrected chi connectivity index (χ2v) is 8.32. The zero-order valence-electron chi connectivity index (χ0n) is 17.8. The van der Waals surface area contributed by atoms with Crippen molar-refractivity contribution in [1.29, 1.82) is 10.5 Å². The first-order valence-electron chi connectivity index (χ1n) is 11.3. The lowest BCUT2D eigenvalue weighted by Crippen LogP contribution is -2.15. The molecule has 152 valence electrons. The molecule has 1 aliphatic carbocycles. The molecule has 0 aromatic heterocycles. The maximum Gasteiger partial charge on any atom is 0.138 e. The Bertz CT molecular complexity index is 675. The Kier molecular flexibility index (Phi) is 9.92. The molecule has 1 saturated carbocycles. The molecule has 0 saturated heterocycles. The topological polar surface area (TPSA) is 56.8 Å². The fourth-order valence-corrected chi connectivity index (χ4v) is 4.53. The van der Waals surface area contributed by atoms with E-state index in [0.29, 0.717) is 23.5 Å². The van der Waals surface area contributed by atoms with Gasteiger partial charge in [0.2, 0.25) is 0 Å². The summed E-state index contributed by atoms with van der Waals surface area (Å²) in [4.78, 5) is 0. The van der Waals surface area contributed by atoms with Gasteiger partial charge in [-0.05, 0) is 49.1 Å². The maximum absolute atomic E-state index is 9.57. The van der Waals surface area contributed by atoms with Crippen LogP contribution in [0.1, 0.15) is 101 Å². The lowest BCUT2D eigenvalue weighted by atomic mass is 9.78. The highest BCUT2D eigenvalue weighted by molar-refractivity contribution is 5.57. The molecular weight excluding hydrogens is 344 g/mol. The molecule has 0 aliphatic heterocycles. The van der Waals surface area contributed by atoms with Gasteiger partial charge in [-0.2, -0.15) is 10.5 Å². The Morgan fingerprint density at radius 2 is 1.54 bits per heavy atom. The van der Waals surface area contributed by atoms with Crippen molar-refractivity contribution in [3.05, 3.63) is 28.8 Å². The van der Waals surface area contributed by atoms with Crippen molar-refractivity contribution >= 4 is 0 Å². The number of rotatable bonds is 11. The molecule has 0 spiro atoms. The van der Waals surface area contributed by atoms with Gasteiger partial charge in [-0.25, -0.2) is 0 Å². The monoisotopic (exact) mass is 380 g/mol. The highest BCUT2D eigenvalue weighted by Crippen LogP contribution is 2.34. The highest BCUT2D eigenvalue weighted by Gasteiger charge is 2.20. The van der Waals surface area contributed by atoms with Crippen LogP contribution >= 0.6 is 0 Å². The normalized spacial score (nSPS) is 19.0. The molecule has 1 aromatic carbocycles. The van der Waals surface area contributed by atoms with Gasteiger partial charge in [0.05, 0.1) is 12.2 Å². The average molecular weight is 381 g/mol. The maximum atomic E-state index is 9.57. The molecule has 3 heteroatoms. The number of nitrogens with zero attached hydrogens (tertiary/aromatic N) is 2. The molecule has 3 nitrogen and oxygen atoms in total. The Hall–Kier alpha value is -2.00. The lowest BCUT2D eigenvalue weighted by molar-refractivity contribution is 0.230. The minimum Gasteiger partial charge on any atom is -0.492 e. The first kappa shape index (κ1) is 22.3. The van der Waals surface area contributed by atoms with E-state index in [9.17, 15) is 10.5 Å². The number of unbranched alkanes of at least 4 members (excludes halogenated alkanes) is 2. The van der Waals surface area contributed by atoms with Crippen LogP contribution in [0.4, 0.5) is 0 Å². The van der Waals surface area contributed by atoms with E-state index in [1.54, 1.807) is 0 Å². The van der Waals surface area contributed by atoms with E-state index in [1.807, 2.05) is 12.1 Å². The Balaban J connectivity index is 1.84. The first-order valence-corrected chi connectivity index (χ1v) is 11.3. The Labute approximate surface area is 171 Å². The van der Waals surface area contributed by atoms with Crippen molar-refractivity contribution in [2.45, 2.75) is 90.9 Å². The lowest BCUT2D eigenvalue weighted by Gasteiger charge is -2.28. The minimum absolute atomic E-state index is 0.413. The third-order valence-electron chi connectivity index (χ3n) is 6.20. The summed E-state index contributed by atoms with van der Waals surface area (Å²) in [5.74, 6) is 2.36. The molecule has 0 unspecified atom stereocenters. The van der Waals surface area contributed by atoms with E-state index in [1.165, 1.54) is 44.9 Å². The summed E-state index contributed by atoms with van der Waals surface area (Å²) in [7, 11) is 0. The van der Waals surface area contributed by atoms with Crippen LogP contribution < -0.4 is 4.74 Å². The fourth-order valence-electron chi connectivity index (χ4n) is 4.53. The zero-order chi connectivity index (χ0) is 20.2. The number of hydrogen-bond donors (Lipinski definition) is 0. The van der Waals surface area contributed by atoms with Crippen molar-refractivity contribution in [3.63, 3.8) is 0 Å². The third kappa shape index (κ3) is 6.56. The predicted molar refractivity (Wildman–Crippen MR) is 114 cm³/mol. The molecule has 0 radical (unpaired) electrons. The van der Waals surface area contributed by atoms with Crippen molar-refractivity contribution in [2.75, 3.05) is 6.61 Å². The van der Waals surface area contributed by atoms with Crippen LogP contribution in [-0.2, 0) is 6.42 Å². The molecule has 28 heavy (non-hydrogen) atoms. The van der Waals surface area contributed by atoms with E-state index in [0.717, 1.165) is 49.5 Å². The van der Waals surface area contributed by atoms with Gasteiger partial charge in [0, 0.05) is 0 Å². The van der Waals surface area contributed by atoms with Crippen molar-refractivity contribution in [2.24, 2.45) is 11.8 Å². The summed E-state index contributed by atoms with van der Waals surface area (Å²) < 4.78 is 5.93. The Morgan fingerprint density at radius 3 is 2.14 bits per heavy atom. The van der Waals surface area contributed by atoms with Crippen LogP contribution in [0.2, 0.25) is 0 Å². The molecule has 1 fully saturated rings. The van der Waals surface area contributed by atoms with E-state index >= 15 is 0 Å². The first-order chi connectivity index (χ1) is 13.7. The van der Waals surface area contributed by atoms with Crippen molar-refractivity contribution in [3.8, 4) is 17.9 Å². The largest absolute Gasteiger partial charge is 0.492 e. The van der Waals surface area contributed by atoms with Gasteiger partial charge < -0.3 is 4.74 Å². The number of benzene rings is 1. The summed E-state index contributed by atoms with van der Waals surface area (Å²) in [6, 6.07) is 8.30. The fraction of sp³-hybridized carbons (Fsp3) is 0.680. The summed E-state index contributed by atoms with van der Waals surface area (Å²) in [5.41, 5.74) is 1.89. The van der Waals surface area contributed by atoms with Gasteiger partial charge in [-0.3, -0.25) is 0 Å².